The molecule has 8 heteroatoms. The van der Waals surface area contributed by atoms with Gasteiger partial charge < -0.3 is 29.0 Å². The highest BCUT2D eigenvalue weighted by Gasteiger charge is 2.46. The fraction of sp³-hybridized carbons (Fsp3) is 0.407. The maximum atomic E-state index is 13.1. The number of carbonyl (C=O) groups is 2. The molecule has 0 spiro atoms. The average molecular weight is 484 g/mol. The van der Waals surface area contributed by atoms with E-state index in [0.717, 1.165) is 0 Å². The maximum absolute atomic E-state index is 13.1. The quantitative estimate of drug-likeness (QED) is 0.291. The largest absolute Gasteiger partial charge is 0.507 e. The molecule has 1 saturated heterocycles. The van der Waals surface area contributed by atoms with Crippen molar-refractivity contribution >= 4 is 17.4 Å². The van der Waals surface area contributed by atoms with Gasteiger partial charge in [0.05, 0.1) is 38.5 Å². The van der Waals surface area contributed by atoms with Crippen LogP contribution < -0.4 is 14.2 Å². The Hall–Kier alpha value is -3.52. The SMILES string of the molecule is CCOc1ccc(C2/C(=C(/O)c3ccc(OCC(C)C)cc3)C(=O)C(=O)N2CCOC)cc1OC. The highest BCUT2D eigenvalue weighted by Crippen LogP contribution is 2.42. The lowest BCUT2D eigenvalue weighted by molar-refractivity contribution is -0.140. The molecule has 2 aromatic carbocycles. The summed E-state index contributed by atoms with van der Waals surface area (Å²) in [6.07, 6.45) is 0. The van der Waals surface area contributed by atoms with Crippen LogP contribution in [0.2, 0.25) is 0 Å². The summed E-state index contributed by atoms with van der Waals surface area (Å²) >= 11 is 0. The van der Waals surface area contributed by atoms with E-state index in [9.17, 15) is 14.7 Å². The number of methoxy groups -OCH3 is 2. The molecule has 1 fully saturated rings. The van der Waals surface area contributed by atoms with E-state index in [2.05, 4.69) is 13.8 Å². The summed E-state index contributed by atoms with van der Waals surface area (Å²) in [4.78, 5) is 27.5. The van der Waals surface area contributed by atoms with E-state index in [4.69, 9.17) is 18.9 Å². The standard InChI is InChI=1S/C27H33NO7/c1-6-34-21-12-9-19(15-22(21)33-5)24-23(26(30)27(31)28(24)13-14-32-4)25(29)18-7-10-20(11-8-18)35-16-17(2)3/h7-12,15,17,24,29H,6,13-14,16H2,1-5H3/b25-23-. The van der Waals surface area contributed by atoms with Crippen molar-refractivity contribution in [2.75, 3.05) is 40.6 Å². The molecule has 0 saturated carbocycles. The Morgan fingerprint density at radius 3 is 2.34 bits per heavy atom. The number of ether oxygens (including phenoxy) is 4. The van der Waals surface area contributed by atoms with Crippen LogP contribution in [0.5, 0.6) is 17.2 Å². The van der Waals surface area contributed by atoms with Crippen LogP contribution in [0.25, 0.3) is 5.76 Å². The Morgan fingerprint density at radius 2 is 1.74 bits per heavy atom. The second kappa shape index (κ2) is 11.8. The monoisotopic (exact) mass is 483 g/mol. The summed E-state index contributed by atoms with van der Waals surface area (Å²) in [5.74, 6) is 0.338. The number of hydrogen-bond acceptors (Lipinski definition) is 7. The third-order valence-electron chi connectivity index (χ3n) is 5.59. The summed E-state index contributed by atoms with van der Waals surface area (Å²) in [6.45, 7) is 7.41. The zero-order valence-corrected chi connectivity index (χ0v) is 20.9. The molecule has 0 aromatic heterocycles. The van der Waals surface area contributed by atoms with Crippen molar-refractivity contribution in [1.29, 1.82) is 0 Å². The van der Waals surface area contributed by atoms with Crippen LogP contribution in [0.15, 0.2) is 48.0 Å². The van der Waals surface area contributed by atoms with Gasteiger partial charge in [0.2, 0.25) is 0 Å². The number of Topliss-reactive ketones (excluding diaryl/α,β-unsaturated/α-hetero) is 1. The molecule has 8 nitrogen and oxygen atoms in total. The number of aliphatic hydroxyl groups is 1. The molecule has 1 N–H and O–H groups in total. The van der Waals surface area contributed by atoms with Gasteiger partial charge in [-0.1, -0.05) is 19.9 Å². The summed E-state index contributed by atoms with van der Waals surface area (Å²) in [6, 6.07) is 11.2. The van der Waals surface area contributed by atoms with Gasteiger partial charge in [0, 0.05) is 19.2 Å². The lowest BCUT2D eigenvalue weighted by atomic mass is 9.95. The summed E-state index contributed by atoms with van der Waals surface area (Å²) in [7, 11) is 3.04. The highest BCUT2D eigenvalue weighted by atomic mass is 16.5. The van der Waals surface area contributed by atoms with Crippen molar-refractivity contribution in [1.82, 2.24) is 4.90 Å². The molecule has 0 aliphatic carbocycles. The molecule has 1 unspecified atom stereocenters. The van der Waals surface area contributed by atoms with Crippen LogP contribution in [-0.2, 0) is 14.3 Å². The zero-order chi connectivity index (χ0) is 25.5. The van der Waals surface area contributed by atoms with Crippen molar-refractivity contribution in [2.24, 2.45) is 5.92 Å². The molecule has 3 rings (SSSR count). The number of nitrogens with zero attached hydrogens (tertiary/aromatic N) is 1. The molecule has 1 heterocycles. The smallest absolute Gasteiger partial charge is 0.295 e. The van der Waals surface area contributed by atoms with Gasteiger partial charge >= 0.3 is 0 Å². The van der Waals surface area contributed by atoms with E-state index in [1.165, 1.54) is 19.1 Å². The molecule has 1 atom stereocenters. The number of hydrogen-bond donors (Lipinski definition) is 1. The minimum atomic E-state index is -0.813. The van der Waals surface area contributed by atoms with Crippen molar-refractivity contribution in [3.63, 3.8) is 0 Å². The van der Waals surface area contributed by atoms with Crippen LogP contribution in [0.4, 0.5) is 0 Å². The number of likely N-dealkylation sites (tertiary alicyclic amines) is 1. The van der Waals surface area contributed by atoms with Crippen LogP contribution >= 0.6 is 0 Å². The van der Waals surface area contributed by atoms with Crippen LogP contribution in [0, 0.1) is 5.92 Å². The van der Waals surface area contributed by atoms with E-state index in [1.807, 2.05) is 6.92 Å². The molecule has 188 valence electrons. The van der Waals surface area contributed by atoms with E-state index in [-0.39, 0.29) is 24.5 Å². The fourth-order valence-electron chi connectivity index (χ4n) is 3.90. The molecule has 0 bridgehead atoms. The number of amides is 1. The van der Waals surface area contributed by atoms with E-state index >= 15 is 0 Å². The van der Waals surface area contributed by atoms with Gasteiger partial charge in [-0.25, -0.2) is 0 Å². The second-order valence-electron chi connectivity index (χ2n) is 8.56. The van der Waals surface area contributed by atoms with E-state index in [0.29, 0.717) is 47.5 Å². The molecule has 35 heavy (non-hydrogen) atoms. The van der Waals surface area contributed by atoms with Gasteiger partial charge in [0.1, 0.15) is 11.5 Å². The Kier molecular flexibility index (Phi) is 8.76. The van der Waals surface area contributed by atoms with Gasteiger partial charge in [0.15, 0.2) is 11.5 Å². The van der Waals surface area contributed by atoms with Crippen molar-refractivity contribution in [3.05, 3.63) is 59.2 Å². The second-order valence-corrected chi connectivity index (χ2v) is 8.56. The first-order valence-electron chi connectivity index (χ1n) is 11.6. The number of benzene rings is 2. The number of ketones is 1. The first-order chi connectivity index (χ1) is 16.8. The normalized spacial score (nSPS) is 17.2. The predicted octanol–water partition coefficient (Wildman–Crippen LogP) is 4.20. The summed E-state index contributed by atoms with van der Waals surface area (Å²) in [5, 5.41) is 11.2. The Morgan fingerprint density at radius 1 is 1.03 bits per heavy atom. The topological polar surface area (TPSA) is 94.5 Å². The summed E-state index contributed by atoms with van der Waals surface area (Å²) in [5.41, 5.74) is 1.03. The fourth-order valence-corrected chi connectivity index (χ4v) is 3.90. The van der Waals surface area contributed by atoms with Crippen molar-refractivity contribution < 1.29 is 33.6 Å². The third-order valence-corrected chi connectivity index (χ3v) is 5.59. The third kappa shape index (κ3) is 5.77. The minimum Gasteiger partial charge on any atom is -0.507 e. The molecule has 0 radical (unpaired) electrons. The lowest BCUT2D eigenvalue weighted by Gasteiger charge is -2.25. The van der Waals surface area contributed by atoms with Gasteiger partial charge in [0.25, 0.3) is 11.7 Å². The lowest BCUT2D eigenvalue weighted by Crippen LogP contribution is -2.32. The maximum Gasteiger partial charge on any atom is 0.295 e. The average Bonchev–Trinajstić information content (AvgIpc) is 3.11. The van der Waals surface area contributed by atoms with Crippen molar-refractivity contribution in [3.8, 4) is 17.2 Å². The summed E-state index contributed by atoms with van der Waals surface area (Å²) < 4.78 is 21.9. The van der Waals surface area contributed by atoms with Crippen LogP contribution in [0.3, 0.4) is 0 Å². The molecular weight excluding hydrogens is 450 g/mol. The van der Waals surface area contributed by atoms with E-state index < -0.39 is 17.7 Å². The van der Waals surface area contributed by atoms with Gasteiger partial charge in [-0.3, -0.25) is 9.59 Å². The first-order valence-corrected chi connectivity index (χ1v) is 11.6. The molecule has 1 aliphatic rings. The molecule has 2 aromatic rings. The van der Waals surface area contributed by atoms with Crippen molar-refractivity contribution in [2.45, 2.75) is 26.8 Å². The van der Waals surface area contributed by atoms with Gasteiger partial charge in [-0.05, 0) is 54.8 Å². The predicted molar refractivity (Wildman–Crippen MR) is 132 cm³/mol. The number of rotatable bonds is 11. The van der Waals surface area contributed by atoms with Gasteiger partial charge in [-0.15, -0.1) is 0 Å². The Balaban J connectivity index is 2.07. The Labute approximate surface area is 206 Å². The molecular formula is C27H33NO7. The van der Waals surface area contributed by atoms with E-state index in [1.54, 1.807) is 42.5 Å². The van der Waals surface area contributed by atoms with Crippen LogP contribution in [-0.4, -0.2) is 62.3 Å². The number of aliphatic hydroxyl groups excluding tert-OH is 1. The number of carbonyl (C=O) groups excluding carboxylic acids is 2. The van der Waals surface area contributed by atoms with Crippen LogP contribution in [0.1, 0.15) is 37.9 Å². The van der Waals surface area contributed by atoms with Gasteiger partial charge in [-0.2, -0.15) is 0 Å². The Bertz CT molecular complexity index is 1080. The molecule has 1 amide bonds. The molecule has 1 aliphatic heterocycles. The zero-order valence-electron chi connectivity index (χ0n) is 20.9. The first kappa shape index (κ1) is 26.1. The minimum absolute atomic E-state index is 0.00756. The highest BCUT2D eigenvalue weighted by molar-refractivity contribution is 6.46.